The topological polar surface area (TPSA) is 60.0 Å². The number of aromatic nitrogens is 1. The molecule has 0 bridgehead atoms. The SMILES string of the molecule is Cn1cccc1C(=O)NCc1ccc(C#CCN)s1. The van der Waals surface area contributed by atoms with Gasteiger partial charge in [-0.2, -0.15) is 0 Å². The van der Waals surface area contributed by atoms with Gasteiger partial charge in [0.1, 0.15) is 5.69 Å². The van der Waals surface area contributed by atoms with Crippen LogP contribution in [0, 0.1) is 11.8 Å². The summed E-state index contributed by atoms with van der Waals surface area (Å²) in [6.45, 7) is 0.871. The molecule has 0 saturated carbocycles. The summed E-state index contributed by atoms with van der Waals surface area (Å²) in [6, 6.07) is 7.55. The van der Waals surface area contributed by atoms with E-state index in [0.29, 0.717) is 18.8 Å². The lowest BCUT2D eigenvalue weighted by Gasteiger charge is -2.04. The van der Waals surface area contributed by atoms with Gasteiger partial charge in [-0.05, 0) is 24.3 Å². The van der Waals surface area contributed by atoms with Crippen LogP contribution < -0.4 is 11.1 Å². The Morgan fingerprint density at radius 2 is 2.32 bits per heavy atom. The maximum Gasteiger partial charge on any atom is 0.268 e. The van der Waals surface area contributed by atoms with Crippen molar-refractivity contribution in [3.8, 4) is 11.8 Å². The maximum atomic E-state index is 11.9. The molecule has 0 saturated heterocycles. The monoisotopic (exact) mass is 273 g/mol. The van der Waals surface area contributed by atoms with E-state index < -0.39 is 0 Å². The molecule has 2 heterocycles. The molecule has 4 nitrogen and oxygen atoms in total. The highest BCUT2D eigenvalue weighted by molar-refractivity contribution is 7.12. The summed E-state index contributed by atoms with van der Waals surface area (Å²) in [6.07, 6.45) is 1.85. The first kappa shape index (κ1) is 13.4. The van der Waals surface area contributed by atoms with Crippen LogP contribution >= 0.6 is 11.3 Å². The van der Waals surface area contributed by atoms with E-state index in [4.69, 9.17) is 5.73 Å². The van der Waals surface area contributed by atoms with Crippen molar-refractivity contribution in [2.75, 3.05) is 6.54 Å². The van der Waals surface area contributed by atoms with Crippen LogP contribution in [0.2, 0.25) is 0 Å². The Morgan fingerprint density at radius 1 is 1.47 bits per heavy atom. The average molecular weight is 273 g/mol. The van der Waals surface area contributed by atoms with E-state index in [-0.39, 0.29) is 5.91 Å². The van der Waals surface area contributed by atoms with Crippen molar-refractivity contribution >= 4 is 17.2 Å². The van der Waals surface area contributed by atoms with Crippen LogP contribution in [0.3, 0.4) is 0 Å². The zero-order valence-electron chi connectivity index (χ0n) is 10.6. The Balaban J connectivity index is 1.94. The van der Waals surface area contributed by atoms with Gasteiger partial charge in [-0.25, -0.2) is 0 Å². The number of nitrogens with zero attached hydrogens (tertiary/aromatic N) is 1. The number of nitrogens with two attached hydrogens (primary N) is 1. The van der Waals surface area contributed by atoms with Crippen LogP contribution in [0.5, 0.6) is 0 Å². The first-order chi connectivity index (χ1) is 9.20. The van der Waals surface area contributed by atoms with Crippen molar-refractivity contribution < 1.29 is 4.79 Å². The second kappa shape index (κ2) is 6.23. The average Bonchev–Trinajstić information content (AvgIpc) is 3.02. The third-order valence-corrected chi connectivity index (χ3v) is 3.58. The van der Waals surface area contributed by atoms with Crippen LogP contribution in [-0.4, -0.2) is 17.0 Å². The van der Waals surface area contributed by atoms with E-state index in [1.807, 2.05) is 31.4 Å². The van der Waals surface area contributed by atoms with Crippen molar-refractivity contribution in [3.63, 3.8) is 0 Å². The first-order valence-corrected chi connectivity index (χ1v) is 6.69. The second-order valence-electron chi connectivity index (χ2n) is 3.96. The molecule has 19 heavy (non-hydrogen) atoms. The number of carbonyl (C=O) groups excluding carboxylic acids is 1. The third-order valence-electron chi connectivity index (χ3n) is 2.57. The van der Waals surface area contributed by atoms with Gasteiger partial charge >= 0.3 is 0 Å². The molecule has 0 aliphatic rings. The molecule has 0 fully saturated rings. The van der Waals surface area contributed by atoms with E-state index in [9.17, 15) is 4.79 Å². The van der Waals surface area contributed by atoms with Gasteiger partial charge in [-0.15, -0.1) is 11.3 Å². The molecule has 2 aromatic heterocycles. The van der Waals surface area contributed by atoms with Gasteiger partial charge in [0, 0.05) is 18.1 Å². The number of rotatable bonds is 3. The van der Waals surface area contributed by atoms with Crippen molar-refractivity contribution in [1.29, 1.82) is 0 Å². The summed E-state index contributed by atoms with van der Waals surface area (Å²) in [5.74, 6) is 5.71. The summed E-state index contributed by atoms with van der Waals surface area (Å²) in [4.78, 5) is 13.9. The van der Waals surface area contributed by atoms with Gasteiger partial charge in [-0.1, -0.05) is 11.8 Å². The predicted octanol–water partition coefficient (Wildman–Crippen LogP) is 1.33. The molecule has 2 rings (SSSR count). The largest absolute Gasteiger partial charge is 0.347 e. The Kier molecular flexibility index (Phi) is 4.39. The zero-order valence-corrected chi connectivity index (χ0v) is 11.5. The molecule has 0 atom stereocenters. The minimum absolute atomic E-state index is 0.0736. The summed E-state index contributed by atoms with van der Waals surface area (Å²) in [7, 11) is 1.85. The summed E-state index contributed by atoms with van der Waals surface area (Å²) >= 11 is 1.57. The van der Waals surface area contributed by atoms with E-state index >= 15 is 0 Å². The lowest BCUT2D eigenvalue weighted by atomic mass is 10.3. The molecule has 0 unspecified atom stereocenters. The number of hydrogen-bond donors (Lipinski definition) is 2. The predicted molar refractivity (Wildman–Crippen MR) is 76.8 cm³/mol. The Hall–Kier alpha value is -2.03. The molecule has 0 aromatic carbocycles. The van der Waals surface area contributed by atoms with Crippen LogP contribution in [0.25, 0.3) is 0 Å². The molecule has 5 heteroatoms. The van der Waals surface area contributed by atoms with E-state index in [1.165, 1.54) is 0 Å². The lowest BCUT2D eigenvalue weighted by molar-refractivity contribution is 0.0943. The Morgan fingerprint density at radius 3 is 3.00 bits per heavy atom. The third kappa shape index (κ3) is 3.47. The van der Waals surface area contributed by atoms with E-state index in [0.717, 1.165) is 9.75 Å². The van der Waals surface area contributed by atoms with Gasteiger partial charge in [0.15, 0.2) is 0 Å². The highest BCUT2D eigenvalue weighted by atomic mass is 32.1. The minimum atomic E-state index is -0.0736. The van der Waals surface area contributed by atoms with E-state index in [2.05, 4.69) is 17.2 Å². The molecule has 0 aliphatic heterocycles. The fourth-order valence-corrected chi connectivity index (χ4v) is 2.46. The summed E-state index contributed by atoms with van der Waals surface area (Å²) < 4.78 is 1.79. The number of aryl methyl sites for hydroxylation is 1. The van der Waals surface area contributed by atoms with Crippen molar-refractivity contribution in [2.24, 2.45) is 12.8 Å². The smallest absolute Gasteiger partial charge is 0.268 e. The number of thiophene rings is 1. The van der Waals surface area contributed by atoms with Crippen LogP contribution in [-0.2, 0) is 13.6 Å². The quantitative estimate of drug-likeness (QED) is 0.829. The molecule has 0 radical (unpaired) electrons. The molecule has 98 valence electrons. The Labute approximate surface area is 116 Å². The van der Waals surface area contributed by atoms with Gasteiger partial charge in [0.25, 0.3) is 5.91 Å². The zero-order chi connectivity index (χ0) is 13.7. The molecular weight excluding hydrogens is 258 g/mol. The molecule has 1 amide bonds. The highest BCUT2D eigenvalue weighted by Crippen LogP contribution is 2.15. The molecule has 3 N–H and O–H groups in total. The van der Waals surface area contributed by atoms with Gasteiger partial charge in [-0.3, -0.25) is 4.79 Å². The molecular formula is C14H15N3OS. The van der Waals surface area contributed by atoms with Crippen molar-refractivity contribution in [1.82, 2.24) is 9.88 Å². The highest BCUT2D eigenvalue weighted by Gasteiger charge is 2.08. The molecule has 0 aliphatic carbocycles. The number of amides is 1. The number of carbonyl (C=O) groups is 1. The lowest BCUT2D eigenvalue weighted by Crippen LogP contribution is -2.24. The van der Waals surface area contributed by atoms with Crippen molar-refractivity contribution in [3.05, 3.63) is 45.9 Å². The van der Waals surface area contributed by atoms with Crippen LogP contribution in [0.1, 0.15) is 20.2 Å². The first-order valence-electron chi connectivity index (χ1n) is 5.88. The maximum absolute atomic E-state index is 11.9. The minimum Gasteiger partial charge on any atom is -0.347 e. The second-order valence-corrected chi connectivity index (χ2v) is 5.13. The Bertz CT molecular complexity index is 630. The van der Waals surface area contributed by atoms with Crippen LogP contribution in [0.15, 0.2) is 30.5 Å². The van der Waals surface area contributed by atoms with Gasteiger partial charge in [0.05, 0.1) is 18.0 Å². The van der Waals surface area contributed by atoms with E-state index in [1.54, 1.807) is 22.0 Å². The fraction of sp³-hybridized carbons (Fsp3) is 0.214. The van der Waals surface area contributed by atoms with Crippen molar-refractivity contribution in [2.45, 2.75) is 6.54 Å². The molecule has 0 spiro atoms. The van der Waals surface area contributed by atoms with Crippen LogP contribution in [0.4, 0.5) is 0 Å². The normalized spacial score (nSPS) is 9.79. The standard InChI is InChI=1S/C14H15N3OS/c1-17-9-3-5-13(17)14(18)16-10-12-7-6-11(19-12)4-2-8-15/h3,5-7,9H,8,10,15H2,1H3,(H,16,18). The fourth-order valence-electron chi connectivity index (χ4n) is 1.63. The van der Waals surface area contributed by atoms with Gasteiger partial charge in [0.2, 0.25) is 0 Å². The van der Waals surface area contributed by atoms with Gasteiger partial charge < -0.3 is 15.6 Å². The summed E-state index contributed by atoms with van der Waals surface area (Å²) in [5, 5.41) is 2.89. The molecule has 2 aromatic rings. The number of nitrogens with one attached hydrogen (secondary N) is 1. The number of hydrogen-bond acceptors (Lipinski definition) is 3. The summed E-state index contributed by atoms with van der Waals surface area (Å²) in [5.41, 5.74) is 5.97.